The Morgan fingerprint density at radius 3 is 2.35 bits per heavy atom. The first kappa shape index (κ1) is 13.7. The van der Waals surface area contributed by atoms with Crippen molar-refractivity contribution in [2.24, 2.45) is 0 Å². The SMILES string of the molecule is COc1c(C(=O)CO)cc(C)cc1C(C)(C)C. The van der Waals surface area contributed by atoms with E-state index in [0.717, 1.165) is 11.1 Å². The highest BCUT2D eigenvalue weighted by Gasteiger charge is 2.24. The molecule has 1 rings (SSSR count). The van der Waals surface area contributed by atoms with Gasteiger partial charge in [0.05, 0.1) is 12.7 Å². The number of ether oxygens (including phenoxy) is 1. The zero-order valence-corrected chi connectivity index (χ0v) is 11.1. The van der Waals surface area contributed by atoms with Crippen LogP contribution in [0.15, 0.2) is 12.1 Å². The van der Waals surface area contributed by atoms with Crippen LogP contribution in [0.25, 0.3) is 0 Å². The van der Waals surface area contributed by atoms with Crippen LogP contribution in [0.2, 0.25) is 0 Å². The number of hydrogen-bond donors (Lipinski definition) is 1. The molecule has 0 heterocycles. The van der Waals surface area contributed by atoms with E-state index in [0.29, 0.717) is 11.3 Å². The molecule has 0 spiro atoms. The lowest BCUT2D eigenvalue weighted by Gasteiger charge is -2.24. The molecule has 1 aromatic carbocycles. The zero-order chi connectivity index (χ0) is 13.2. The fraction of sp³-hybridized carbons (Fsp3) is 0.500. The maximum atomic E-state index is 11.7. The molecule has 0 aliphatic carbocycles. The first-order valence-corrected chi connectivity index (χ1v) is 5.64. The second-order valence-electron chi connectivity index (χ2n) is 5.22. The minimum Gasteiger partial charge on any atom is -0.496 e. The van der Waals surface area contributed by atoms with E-state index in [9.17, 15) is 4.79 Å². The number of rotatable bonds is 3. The van der Waals surface area contributed by atoms with E-state index in [4.69, 9.17) is 9.84 Å². The number of ketones is 1. The summed E-state index contributed by atoms with van der Waals surface area (Å²) in [5.74, 6) is 0.262. The third-order valence-electron chi connectivity index (χ3n) is 2.69. The highest BCUT2D eigenvalue weighted by atomic mass is 16.5. The maximum Gasteiger partial charge on any atom is 0.191 e. The fourth-order valence-electron chi connectivity index (χ4n) is 1.84. The number of aliphatic hydroxyl groups excluding tert-OH is 1. The van der Waals surface area contributed by atoms with Crippen molar-refractivity contribution in [2.45, 2.75) is 33.1 Å². The van der Waals surface area contributed by atoms with Crippen molar-refractivity contribution in [2.75, 3.05) is 13.7 Å². The van der Waals surface area contributed by atoms with Crippen LogP contribution in [0.5, 0.6) is 5.75 Å². The number of aliphatic hydroxyl groups is 1. The summed E-state index contributed by atoms with van der Waals surface area (Å²) in [7, 11) is 1.55. The zero-order valence-electron chi connectivity index (χ0n) is 11.1. The molecule has 0 aliphatic rings. The standard InChI is InChI=1S/C14H20O3/c1-9-6-10(12(16)8-15)13(17-5)11(7-9)14(2,3)4/h6-7,15H,8H2,1-5H3. The summed E-state index contributed by atoms with van der Waals surface area (Å²) in [6.45, 7) is 7.64. The van der Waals surface area contributed by atoms with Gasteiger partial charge in [-0.1, -0.05) is 26.8 Å². The van der Waals surface area contributed by atoms with Crippen molar-refractivity contribution in [1.29, 1.82) is 0 Å². The van der Waals surface area contributed by atoms with Gasteiger partial charge in [0.15, 0.2) is 5.78 Å². The van der Waals surface area contributed by atoms with Crippen molar-refractivity contribution in [1.82, 2.24) is 0 Å². The van der Waals surface area contributed by atoms with Gasteiger partial charge in [-0.3, -0.25) is 4.79 Å². The van der Waals surface area contributed by atoms with Crippen LogP contribution in [-0.4, -0.2) is 24.6 Å². The molecular weight excluding hydrogens is 216 g/mol. The van der Waals surface area contributed by atoms with Crippen LogP contribution in [0.3, 0.4) is 0 Å². The number of carbonyl (C=O) groups excluding carboxylic acids is 1. The van der Waals surface area contributed by atoms with Crippen LogP contribution >= 0.6 is 0 Å². The van der Waals surface area contributed by atoms with E-state index in [1.165, 1.54) is 0 Å². The van der Waals surface area contributed by atoms with E-state index >= 15 is 0 Å². The molecule has 1 aromatic rings. The maximum absolute atomic E-state index is 11.7. The molecule has 0 saturated carbocycles. The third-order valence-corrected chi connectivity index (χ3v) is 2.69. The predicted octanol–water partition coefficient (Wildman–Crippen LogP) is 2.48. The first-order chi connectivity index (χ1) is 7.81. The largest absolute Gasteiger partial charge is 0.496 e. The Balaban J connectivity index is 3.52. The Hall–Kier alpha value is -1.35. The molecule has 3 nitrogen and oxygen atoms in total. The number of benzene rings is 1. The minimum atomic E-state index is -0.497. The van der Waals surface area contributed by atoms with Gasteiger partial charge in [0, 0.05) is 5.56 Å². The summed E-state index contributed by atoms with van der Waals surface area (Å²) < 4.78 is 5.35. The van der Waals surface area contributed by atoms with Crippen LogP contribution in [0.4, 0.5) is 0 Å². The number of Topliss-reactive ketones (excluding diaryl/α,β-unsaturated/α-hetero) is 1. The number of carbonyl (C=O) groups is 1. The third kappa shape index (κ3) is 2.86. The molecule has 1 N–H and O–H groups in total. The Labute approximate surface area is 102 Å². The van der Waals surface area contributed by atoms with Crippen molar-refractivity contribution >= 4 is 5.78 Å². The summed E-state index contributed by atoms with van der Waals surface area (Å²) >= 11 is 0. The average Bonchev–Trinajstić information content (AvgIpc) is 2.25. The first-order valence-electron chi connectivity index (χ1n) is 5.64. The molecule has 0 saturated heterocycles. The fourth-order valence-corrected chi connectivity index (χ4v) is 1.84. The van der Waals surface area contributed by atoms with Gasteiger partial charge in [0.1, 0.15) is 12.4 Å². The molecule has 0 fully saturated rings. The molecule has 0 aliphatic heterocycles. The molecular formula is C14H20O3. The molecule has 0 unspecified atom stereocenters. The van der Waals surface area contributed by atoms with E-state index < -0.39 is 6.61 Å². The van der Waals surface area contributed by atoms with Crippen molar-refractivity contribution in [3.05, 3.63) is 28.8 Å². The van der Waals surface area contributed by atoms with Crippen molar-refractivity contribution in [3.63, 3.8) is 0 Å². The van der Waals surface area contributed by atoms with Gasteiger partial charge in [-0.25, -0.2) is 0 Å². The summed E-state index contributed by atoms with van der Waals surface area (Å²) in [6, 6.07) is 3.78. The van der Waals surface area contributed by atoms with E-state index in [1.54, 1.807) is 13.2 Å². The average molecular weight is 236 g/mol. The molecule has 0 radical (unpaired) electrons. The Morgan fingerprint density at radius 1 is 1.35 bits per heavy atom. The summed E-state index contributed by atoms with van der Waals surface area (Å²) in [5, 5.41) is 8.99. The van der Waals surface area contributed by atoms with Gasteiger partial charge >= 0.3 is 0 Å². The number of methoxy groups -OCH3 is 1. The van der Waals surface area contributed by atoms with Crippen LogP contribution < -0.4 is 4.74 Å². The Morgan fingerprint density at radius 2 is 1.94 bits per heavy atom. The van der Waals surface area contributed by atoms with Gasteiger partial charge < -0.3 is 9.84 Å². The van der Waals surface area contributed by atoms with E-state index in [-0.39, 0.29) is 11.2 Å². The normalized spacial score (nSPS) is 11.4. The smallest absolute Gasteiger partial charge is 0.191 e. The second kappa shape index (κ2) is 4.88. The lowest BCUT2D eigenvalue weighted by molar-refractivity contribution is 0.0900. The number of hydrogen-bond acceptors (Lipinski definition) is 3. The number of aryl methyl sites for hydroxylation is 1. The lowest BCUT2D eigenvalue weighted by Crippen LogP contribution is -2.16. The summed E-state index contributed by atoms with van der Waals surface area (Å²) in [4.78, 5) is 11.7. The monoisotopic (exact) mass is 236 g/mol. The molecule has 94 valence electrons. The Kier molecular flexibility index (Phi) is 3.94. The van der Waals surface area contributed by atoms with Crippen molar-refractivity contribution < 1.29 is 14.6 Å². The predicted molar refractivity (Wildman–Crippen MR) is 67.8 cm³/mol. The summed E-state index contributed by atoms with van der Waals surface area (Å²) in [5.41, 5.74) is 2.33. The van der Waals surface area contributed by atoms with Gasteiger partial charge in [-0.15, -0.1) is 0 Å². The van der Waals surface area contributed by atoms with Gasteiger partial charge in [0.2, 0.25) is 0 Å². The van der Waals surface area contributed by atoms with Crippen molar-refractivity contribution in [3.8, 4) is 5.75 Å². The van der Waals surface area contributed by atoms with E-state index in [2.05, 4.69) is 20.8 Å². The van der Waals surface area contributed by atoms with E-state index in [1.807, 2.05) is 13.0 Å². The lowest BCUT2D eigenvalue weighted by atomic mass is 9.83. The molecule has 0 amide bonds. The second-order valence-corrected chi connectivity index (χ2v) is 5.22. The molecule has 0 aromatic heterocycles. The van der Waals surface area contributed by atoms with Gasteiger partial charge in [-0.2, -0.15) is 0 Å². The van der Waals surface area contributed by atoms with Crippen LogP contribution in [0.1, 0.15) is 42.3 Å². The summed E-state index contributed by atoms with van der Waals surface area (Å²) in [6.07, 6.45) is 0. The highest BCUT2D eigenvalue weighted by Crippen LogP contribution is 2.35. The Bertz CT molecular complexity index is 428. The van der Waals surface area contributed by atoms with Gasteiger partial charge in [0.25, 0.3) is 0 Å². The molecule has 17 heavy (non-hydrogen) atoms. The molecule has 3 heteroatoms. The molecule has 0 atom stereocenters. The van der Waals surface area contributed by atoms with Gasteiger partial charge in [-0.05, 0) is 24.0 Å². The molecule has 0 bridgehead atoms. The highest BCUT2D eigenvalue weighted by molar-refractivity contribution is 6.00. The topological polar surface area (TPSA) is 46.5 Å². The minimum absolute atomic E-state index is 0.109. The van der Waals surface area contributed by atoms with Crippen LogP contribution in [0, 0.1) is 6.92 Å². The van der Waals surface area contributed by atoms with Crippen LogP contribution in [-0.2, 0) is 5.41 Å². The quantitative estimate of drug-likeness (QED) is 0.820.